The van der Waals surface area contributed by atoms with Crippen LogP contribution in [0.3, 0.4) is 0 Å². The van der Waals surface area contributed by atoms with E-state index >= 15 is 0 Å². The van der Waals surface area contributed by atoms with Gasteiger partial charge in [0.2, 0.25) is 0 Å². The number of nitrogens with zero attached hydrogens (tertiary/aromatic N) is 1. The lowest BCUT2D eigenvalue weighted by molar-refractivity contribution is 0.930. The van der Waals surface area contributed by atoms with E-state index in [9.17, 15) is 0 Å². The van der Waals surface area contributed by atoms with Crippen LogP contribution in [0.2, 0.25) is 0 Å². The van der Waals surface area contributed by atoms with Gasteiger partial charge in [0.25, 0.3) is 0 Å². The Morgan fingerprint density at radius 2 is 0.849 bits per heavy atom. The molecule has 0 unspecified atom stereocenters. The second-order valence-electron chi connectivity index (χ2n) is 13.6. The van der Waals surface area contributed by atoms with Crippen molar-refractivity contribution in [3.8, 4) is 44.5 Å². The van der Waals surface area contributed by atoms with Crippen LogP contribution in [0.1, 0.15) is 18.4 Å². The van der Waals surface area contributed by atoms with Gasteiger partial charge in [-0.05, 0) is 116 Å². The van der Waals surface area contributed by atoms with Gasteiger partial charge in [0.1, 0.15) is 0 Å². The van der Waals surface area contributed by atoms with Crippen molar-refractivity contribution in [2.75, 3.05) is 4.90 Å². The fourth-order valence-corrected chi connectivity index (χ4v) is 7.80. The highest BCUT2D eigenvalue weighted by molar-refractivity contribution is 6.00. The van der Waals surface area contributed by atoms with Crippen molar-refractivity contribution in [3.63, 3.8) is 0 Å². The molecule has 1 aliphatic rings. The fraction of sp³-hybridized carbons (Fsp3) is 0.0385. The standard InChI is InChI=1S/C52H39N/c1-4-15-39(16-5-1)49-36-31-43(37-52(49)41-17-6-2-7-18-41)38-27-32-45(33-28-38)53(44-21-8-3-9-22-44)46-34-29-42(30-35-46)48-24-12-13-25-50(48)51-26-14-20-40-19-10-11-23-47(40)51/h1-27,29-32,34-37H,28,33H2. The van der Waals surface area contributed by atoms with E-state index in [1.807, 2.05) is 0 Å². The van der Waals surface area contributed by atoms with Gasteiger partial charge in [0.05, 0.1) is 0 Å². The minimum Gasteiger partial charge on any atom is -0.314 e. The molecule has 0 heterocycles. The number of benzene rings is 8. The molecule has 9 rings (SSSR count). The van der Waals surface area contributed by atoms with E-state index in [-0.39, 0.29) is 0 Å². The van der Waals surface area contributed by atoms with Crippen molar-refractivity contribution < 1.29 is 0 Å². The summed E-state index contributed by atoms with van der Waals surface area (Å²) in [5, 5.41) is 2.53. The zero-order valence-corrected chi connectivity index (χ0v) is 29.6. The molecule has 53 heavy (non-hydrogen) atoms. The molecule has 8 aromatic rings. The molecule has 0 fully saturated rings. The average molecular weight is 678 g/mol. The van der Waals surface area contributed by atoms with E-state index < -0.39 is 0 Å². The molecule has 0 aliphatic heterocycles. The van der Waals surface area contributed by atoms with Gasteiger partial charge >= 0.3 is 0 Å². The molecule has 8 aromatic carbocycles. The van der Waals surface area contributed by atoms with E-state index in [0.717, 1.165) is 24.2 Å². The highest BCUT2D eigenvalue weighted by Crippen LogP contribution is 2.41. The van der Waals surface area contributed by atoms with Gasteiger partial charge in [-0.15, -0.1) is 0 Å². The molecule has 0 bridgehead atoms. The fourth-order valence-electron chi connectivity index (χ4n) is 7.80. The van der Waals surface area contributed by atoms with Gasteiger partial charge in [-0.25, -0.2) is 0 Å². The summed E-state index contributed by atoms with van der Waals surface area (Å²) < 4.78 is 0. The van der Waals surface area contributed by atoms with Crippen LogP contribution in [0.25, 0.3) is 60.9 Å². The van der Waals surface area contributed by atoms with E-state index in [1.54, 1.807) is 0 Å². The van der Waals surface area contributed by atoms with E-state index in [4.69, 9.17) is 0 Å². The Labute approximate surface area is 312 Å². The first-order valence-corrected chi connectivity index (χ1v) is 18.5. The molecule has 1 aliphatic carbocycles. The van der Waals surface area contributed by atoms with Gasteiger partial charge in [0.15, 0.2) is 0 Å². The van der Waals surface area contributed by atoms with Crippen molar-refractivity contribution in [1.82, 2.24) is 0 Å². The SMILES string of the molecule is C1=C(c2ccc(-c3ccccc3)c(-c3ccccc3)c2)CCC(N(c2ccccc2)c2ccc(-c3ccccc3-c3cccc4ccccc34)cc2)=C1. The third-order valence-electron chi connectivity index (χ3n) is 10.4. The summed E-state index contributed by atoms with van der Waals surface area (Å²) >= 11 is 0. The molecular weight excluding hydrogens is 639 g/mol. The molecule has 0 amide bonds. The van der Waals surface area contributed by atoms with Gasteiger partial charge in [0, 0.05) is 17.1 Å². The van der Waals surface area contributed by atoms with Gasteiger partial charge in [-0.2, -0.15) is 0 Å². The first-order chi connectivity index (χ1) is 26.3. The molecule has 0 radical (unpaired) electrons. The molecular formula is C52H39N. The first-order valence-electron chi connectivity index (χ1n) is 18.5. The predicted molar refractivity (Wildman–Crippen MR) is 226 cm³/mol. The zero-order chi connectivity index (χ0) is 35.4. The molecule has 0 aromatic heterocycles. The van der Waals surface area contributed by atoms with Crippen LogP contribution < -0.4 is 4.90 Å². The predicted octanol–water partition coefficient (Wildman–Crippen LogP) is 14.4. The van der Waals surface area contributed by atoms with E-state index in [0.29, 0.717) is 0 Å². The van der Waals surface area contributed by atoms with Crippen LogP contribution >= 0.6 is 0 Å². The third kappa shape index (κ3) is 6.50. The lowest BCUT2D eigenvalue weighted by Gasteiger charge is -2.30. The highest BCUT2D eigenvalue weighted by Gasteiger charge is 2.20. The summed E-state index contributed by atoms with van der Waals surface area (Å²) in [5.41, 5.74) is 16.2. The van der Waals surface area contributed by atoms with Crippen LogP contribution in [-0.2, 0) is 0 Å². The Balaban J connectivity index is 1.06. The van der Waals surface area contributed by atoms with Crippen LogP contribution in [0.5, 0.6) is 0 Å². The topological polar surface area (TPSA) is 3.24 Å². The van der Waals surface area contributed by atoms with Crippen LogP contribution in [0.4, 0.5) is 11.4 Å². The van der Waals surface area contributed by atoms with Crippen LogP contribution in [0, 0.1) is 0 Å². The van der Waals surface area contributed by atoms with Crippen LogP contribution in [-0.4, -0.2) is 0 Å². The van der Waals surface area contributed by atoms with Crippen molar-refractivity contribution in [2.45, 2.75) is 12.8 Å². The number of para-hydroxylation sites is 1. The lowest BCUT2D eigenvalue weighted by atomic mass is 9.88. The summed E-state index contributed by atoms with van der Waals surface area (Å²) in [5.74, 6) is 0. The van der Waals surface area contributed by atoms with Gasteiger partial charge < -0.3 is 4.90 Å². The second kappa shape index (κ2) is 14.5. The average Bonchev–Trinajstić information content (AvgIpc) is 3.25. The highest BCUT2D eigenvalue weighted by atomic mass is 15.1. The number of hydrogen-bond donors (Lipinski definition) is 0. The summed E-state index contributed by atoms with van der Waals surface area (Å²) in [6, 6.07) is 72.3. The van der Waals surface area contributed by atoms with Crippen molar-refractivity contribution in [1.29, 1.82) is 0 Å². The molecule has 0 atom stereocenters. The minimum absolute atomic E-state index is 0.938. The molecule has 0 saturated carbocycles. The normalized spacial score (nSPS) is 12.6. The van der Waals surface area contributed by atoms with Gasteiger partial charge in [-0.3, -0.25) is 0 Å². The molecule has 1 nitrogen and oxygen atoms in total. The summed E-state index contributed by atoms with van der Waals surface area (Å²) in [6.45, 7) is 0. The Bertz CT molecular complexity index is 2570. The summed E-state index contributed by atoms with van der Waals surface area (Å²) in [7, 11) is 0. The summed E-state index contributed by atoms with van der Waals surface area (Å²) in [6.07, 6.45) is 6.55. The van der Waals surface area contributed by atoms with Crippen LogP contribution in [0.15, 0.2) is 218 Å². The van der Waals surface area contributed by atoms with Crippen molar-refractivity contribution in [2.24, 2.45) is 0 Å². The Hall–Kier alpha value is -6.70. The number of hydrogen-bond acceptors (Lipinski definition) is 1. The second-order valence-corrected chi connectivity index (χ2v) is 13.6. The monoisotopic (exact) mass is 677 g/mol. The Kier molecular flexibility index (Phi) is 8.82. The maximum Gasteiger partial charge on any atom is 0.0458 e. The third-order valence-corrected chi connectivity index (χ3v) is 10.4. The van der Waals surface area contributed by atoms with E-state index in [2.05, 4.69) is 217 Å². The molecule has 1 heteroatoms. The molecule has 252 valence electrons. The maximum absolute atomic E-state index is 2.42. The summed E-state index contributed by atoms with van der Waals surface area (Å²) in [4.78, 5) is 2.42. The largest absolute Gasteiger partial charge is 0.314 e. The number of rotatable bonds is 8. The number of anilines is 2. The lowest BCUT2D eigenvalue weighted by Crippen LogP contribution is -2.17. The Morgan fingerprint density at radius 1 is 0.321 bits per heavy atom. The van der Waals surface area contributed by atoms with Gasteiger partial charge in [-0.1, -0.05) is 176 Å². The number of fused-ring (bicyclic) bond motifs is 1. The van der Waals surface area contributed by atoms with Crippen molar-refractivity contribution in [3.05, 3.63) is 224 Å². The quantitative estimate of drug-likeness (QED) is 0.155. The first kappa shape index (κ1) is 32.2. The molecule has 0 N–H and O–H groups in total. The molecule has 0 saturated heterocycles. The minimum atomic E-state index is 0.938. The smallest absolute Gasteiger partial charge is 0.0458 e. The van der Waals surface area contributed by atoms with Crippen molar-refractivity contribution >= 4 is 27.7 Å². The Morgan fingerprint density at radius 3 is 1.57 bits per heavy atom. The van der Waals surface area contributed by atoms with E-state index in [1.165, 1.54) is 72.1 Å². The maximum atomic E-state index is 2.42. The zero-order valence-electron chi connectivity index (χ0n) is 29.6. The number of allylic oxidation sites excluding steroid dienone is 4. The molecule has 0 spiro atoms.